The van der Waals surface area contributed by atoms with Crippen LogP contribution in [0.15, 0.2) is 0 Å². The third kappa shape index (κ3) is 21.1. The van der Waals surface area contributed by atoms with Crippen molar-refractivity contribution < 1.29 is 28.5 Å². The molecule has 7 nitrogen and oxygen atoms in total. The highest BCUT2D eigenvalue weighted by Crippen LogP contribution is 2.03. The van der Waals surface area contributed by atoms with Crippen molar-refractivity contribution in [1.29, 1.82) is 0 Å². The maximum atomic E-state index is 11.6. The van der Waals surface area contributed by atoms with Gasteiger partial charge in [-0.15, -0.1) is 0 Å². The van der Waals surface area contributed by atoms with Gasteiger partial charge in [-0.3, -0.25) is 4.79 Å². The van der Waals surface area contributed by atoms with Gasteiger partial charge < -0.3 is 29.5 Å². The molecule has 0 saturated carbocycles. The van der Waals surface area contributed by atoms with Crippen LogP contribution >= 0.6 is 0 Å². The molecule has 0 aromatic heterocycles. The average Bonchev–Trinajstić information content (AvgIpc) is 2.62. The Morgan fingerprint density at radius 2 is 1.20 bits per heavy atom. The van der Waals surface area contributed by atoms with Gasteiger partial charge in [0.15, 0.2) is 0 Å². The lowest BCUT2D eigenvalue weighted by molar-refractivity contribution is -0.119. The summed E-state index contributed by atoms with van der Waals surface area (Å²) in [6, 6.07) is 0. The highest BCUT2D eigenvalue weighted by atomic mass is 16.6. The van der Waals surface area contributed by atoms with Crippen LogP contribution in [0, 0.1) is 0 Å². The topological polar surface area (TPSA) is 97.1 Å². The number of Topliss-reactive ketones (excluding diaryl/α,β-unsaturated/α-hetero) is 1. The first-order chi connectivity index (χ1) is 12.3. The van der Waals surface area contributed by atoms with Gasteiger partial charge in [0.2, 0.25) is 0 Å². The molecular formula is C18H35NO6. The summed E-state index contributed by atoms with van der Waals surface area (Å²) in [7, 11) is 0. The van der Waals surface area contributed by atoms with Crippen LogP contribution in [-0.2, 0) is 28.5 Å². The van der Waals surface area contributed by atoms with E-state index in [4.69, 9.17) is 24.7 Å². The lowest BCUT2D eigenvalue weighted by atomic mass is 10.1. The van der Waals surface area contributed by atoms with Crippen LogP contribution < -0.4 is 5.73 Å². The fourth-order valence-electron chi connectivity index (χ4n) is 2.03. The molecule has 148 valence electrons. The molecule has 0 aliphatic carbocycles. The number of hydrogen-bond donors (Lipinski definition) is 1. The molecule has 25 heavy (non-hydrogen) atoms. The zero-order valence-corrected chi connectivity index (χ0v) is 15.4. The second kappa shape index (κ2) is 21.2. The third-order valence-electron chi connectivity index (χ3n) is 3.40. The molecule has 2 N–H and O–H groups in total. The summed E-state index contributed by atoms with van der Waals surface area (Å²) in [6.45, 7) is 4.79. The Bertz CT molecular complexity index is 301. The van der Waals surface area contributed by atoms with Gasteiger partial charge in [0, 0.05) is 25.9 Å². The molecule has 0 fully saturated rings. The van der Waals surface area contributed by atoms with Crippen LogP contribution in [-0.4, -0.2) is 71.5 Å². The first kappa shape index (κ1) is 24.1. The van der Waals surface area contributed by atoms with Crippen LogP contribution in [0.25, 0.3) is 0 Å². The highest BCUT2D eigenvalue weighted by molar-refractivity contribution is 5.78. The SMILES string of the molecule is NCCCCCC(=O)CCCOCCOCCOCCOCCC=O. The maximum absolute atomic E-state index is 11.6. The Hall–Kier alpha value is -0.860. The zero-order valence-electron chi connectivity index (χ0n) is 15.4. The molecule has 0 radical (unpaired) electrons. The van der Waals surface area contributed by atoms with Gasteiger partial charge in [-0.1, -0.05) is 6.42 Å². The number of unbranched alkanes of at least 4 members (excludes halogenated alkanes) is 2. The Labute approximate surface area is 151 Å². The average molecular weight is 361 g/mol. The molecule has 0 rings (SSSR count). The van der Waals surface area contributed by atoms with Crippen LogP contribution in [0.3, 0.4) is 0 Å². The molecule has 0 aromatic carbocycles. The standard InChI is InChI=1S/C18H35NO6/c19-8-3-1-2-6-18(21)7-4-10-22-12-14-24-16-17-25-15-13-23-11-5-9-20/h9H,1-8,10-17,19H2. The van der Waals surface area contributed by atoms with E-state index >= 15 is 0 Å². The van der Waals surface area contributed by atoms with Crippen molar-refractivity contribution in [3.63, 3.8) is 0 Å². The number of ketones is 1. The van der Waals surface area contributed by atoms with Crippen molar-refractivity contribution >= 4 is 12.1 Å². The van der Waals surface area contributed by atoms with E-state index in [0.29, 0.717) is 84.4 Å². The molecular weight excluding hydrogens is 326 g/mol. The zero-order chi connectivity index (χ0) is 18.4. The normalized spacial score (nSPS) is 10.9. The predicted octanol–water partition coefficient (Wildman–Crippen LogP) is 1.51. The monoisotopic (exact) mass is 361 g/mol. The number of rotatable bonds is 21. The van der Waals surface area contributed by atoms with Gasteiger partial charge in [-0.2, -0.15) is 0 Å². The summed E-state index contributed by atoms with van der Waals surface area (Å²) in [6.07, 6.45) is 6.24. The Morgan fingerprint density at radius 3 is 1.76 bits per heavy atom. The van der Waals surface area contributed by atoms with E-state index in [1.54, 1.807) is 0 Å². The molecule has 0 unspecified atom stereocenters. The predicted molar refractivity (Wildman–Crippen MR) is 95.7 cm³/mol. The van der Waals surface area contributed by atoms with Gasteiger partial charge in [0.25, 0.3) is 0 Å². The number of hydrogen-bond acceptors (Lipinski definition) is 7. The van der Waals surface area contributed by atoms with Gasteiger partial charge in [-0.25, -0.2) is 0 Å². The fourth-order valence-corrected chi connectivity index (χ4v) is 2.03. The molecule has 0 aliphatic heterocycles. The van der Waals surface area contributed by atoms with Crippen molar-refractivity contribution in [2.45, 2.75) is 44.9 Å². The van der Waals surface area contributed by atoms with Crippen LogP contribution in [0.1, 0.15) is 44.9 Å². The van der Waals surface area contributed by atoms with E-state index < -0.39 is 0 Å². The van der Waals surface area contributed by atoms with Crippen molar-refractivity contribution in [2.75, 3.05) is 59.4 Å². The summed E-state index contributed by atoms with van der Waals surface area (Å²) in [5.41, 5.74) is 5.41. The number of carbonyl (C=O) groups excluding carboxylic acids is 2. The number of ether oxygens (including phenoxy) is 4. The molecule has 7 heteroatoms. The number of carbonyl (C=O) groups is 2. The first-order valence-electron chi connectivity index (χ1n) is 9.27. The van der Waals surface area contributed by atoms with Crippen LogP contribution in [0.4, 0.5) is 0 Å². The quantitative estimate of drug-likeness (QED) is 0.244. The minimum atomic E-state index is 0.309. The molecule has 0 atom stereocenters. The smallest absolute Gasteiger partial charge is 0.132 e. The van der Waals surface area contributed by atoms with Crippen molar-refractivity contribution in [2.24, 2.45) is 5.73 Å². The molecule has 0 aromatic rings. The summed E-state index contributed by atoms with van der Waals surface area (Å²) < 4.78 is 21.3. The summed E-state index contributed by atoms with van der Waals surface area (Å²) in [5, 5.41) is 0. The van der Waals surface area contributed by atoms with Crippen molar-refractivity contribution in [3.05, 3.63) is 0 Å². The highest BCUT2D eigenvalue weighted by Gasteiger charge is 2.01. The van der Waals surface area contributed by atoms with Crippen LogP contribution in [0.2, 0.25) is 0 Å². The summed E-state index contributed by atoms with van der Waals surface area (Å²) in [4.78, 5) is 21.6. The Balaban J connectivity index is 3.09. The molecule has 0 spiro atoms. The second-order valence-corrected chi connectivity index (χ2v) is 5.65. The lowest BCUT2D eigenvalue weighted by Crippen LogP contribution is -2.12. The van der Waals surface area contributed by atoms with Gasteiger partial charge >= 0.3 is 0 Å². The molecule has 0 heterocycles. The largest absolute Gasteiger partial charge is 0.379 e. The van der Waals surface area contributed by atoms with Gasteiger partial charge in [0.1, 0.15) is 12.1 Å². The van der Waals surface area contributed by atoms with E-state index in [-0.39, 0.29) is 0 Å². The third-order valence-corrected chi connectivity index (χ3v) is 3.40. The van der Waals surface area contributed by atoms with Crippen molar-refractivity contribution in [3.8, 4) is 0 Å². The minimum absolute atomic E-state index is 0.309. The number of nitrogens with two attached hydrogens (primary N) is 1. The second-order valence-electron chi connectivity index (χ2n) is 5.65. The first-order valence-corrected chi connectivity index (χ1v) is 9.27. The molecule has 0 aliphatic rings. The van der Waals surface area contributed by atoms with E-state index in [9.17, 15) is 9.59 Å². The van der Waals surface area contributed by atoms with E-state index in [1.165, 1.54) is 0 Å². The van der Waals surface area contributed by atoms with Crippen molar-refractivity contribution in [1.82, 2.24) is 0 Å². The maximum Gasteiger partial charge on any atom is 0.132 e. The lowest BCUT2D eigenvalue weighted by Gasteiger charge is -2.07. The number of aldehydes is 1. The molecule has 0 bridgehead atoms. The molecule has 0 amide bonds. The van der Waals surface area contributed by atoms with E-state index in [1.807, 2.05) is 0 Å². The summed E-state index contributed by atoms with van der Waals surface area (Å²) in [5.74, 6) is 0.309. The van der Waals surface area contributed by atoms with Crippen LogP contribution in [0.5, 0.6) is 0 Å². The minimum Gasteiger partial charge on any atom is -0.379 e. The molecule has 0 saturated heterocycles. The van der Waals surface area contributed by atoms with Gasteiger partial charge in [0.05, 0.1) is 46.2 Å². The van der Waals surface area contributed by atoms with E-state index in [0.717, 1.165) is 32.0 Å². The fraction of sp³-hybridized carbons (Fsp3) is 0.889. The van der Waals surface area contributed by atoms with E-state index in [2.05, 4.69) is 0 Å². The van der Waals surface area contributed by atoms with Gasteiger partial charge in [-0.05, 0) is 25.8 Å². The summed E-state index contributed by atoms with van der Waals surface area (Å²) >= 11 is 0. The Kier molecular flexibility index (Phi) is 20.5. The Morgan fingerprint density at radius 1 is 0.680 bits per heavy atom.